The molecule has 0 spiro atoms. The third kappa shape index (κ3) is 4.56. The monoisotopic (exact) mass is 372 g/mol. The van der Waals surface area contributed by atoms with E-state index < -0.39 is 5.82 Å². The minimum absolute atomic E-state index is 0.0421. The van der Waals surface area contributed by atoms with E-state index in [1.165, 1.54) is 11.8 Å². The van der Waals surface area contributed by atoms with Crippen molar-refractivity contribution in [3.05, 3.63) is 47.9 Å². The molecule has 1 aliphatic rings. The van der Waals surface area contributed by atoms with Gasteiger partial charge in [-0.2, -0.15) is 4.98 Å². The number of ether oxygens (including phenoxy) is 1. The van der Waals surface area contributed by atoms with Crippen LogP contribution >= 0.6 is 0 Å². The van der Waals surface area contributed by atoms with Crippen LogP contribution in [0.3, 0.4) is 0 Å². The summed E-state index contributed by atoms with van der Waals surface area (Å²) in [4.78, 5) is 10.0. The van der Waals surface area contributed by atoms with Crippen molar-refractivity contribution in [1.82, 2.24) is 9.97 Å². The molecule has 6 heteroatoms. The van der Waals surface area contributed by atoms with Crippen LogP contribution in [0.15, 0.2) is 36.5 Å². The van der Waals surface area contributed by atoms with Gasteiger partial charge in [-0.25, -0.2) is 9.37 Å². The van der Waals surface area contributed by atoms with Crippen molar-refractivity contribution >= 4 is 11.8 Å². The number of halogens is 1. The zero-order valence-electron chi connectivity index (χ0n) is 16.6. The van der Waals surface area contributed by atoms with Crippen LogP contribution in [0.2, 0.25) is 0 Å². The van der Waals surface area contributed by atoms with E-state index in [2.05, 4.69) is 59.5 Å². The topological polar surface area (TPSA) is 50.3 Å². The number of anilines is 2. The van der Waals surface area contributed by atoms with E-state index in [0.717, 1.165) is 25.9 Å². The van der Waals surface area contributed by atoms with Crippen LogP contribution in [0.5, 0.6) is 0 Å². The Morgan fingerprint density at radius 2 is 1.96 bits per heavy atom. The van der Waals surface area contributed by atoms with Crippen LogP contribution in [-0.2, 0) is 10.2 Å². The first-order valence-electron chi connectivity index (χ1n) is 9.45. The maximum Gasteiger partial charge on any atom is 0.224 e. The third-order valence-corrected chi connectivity index (χ3v) is 5.26. The number of hydrogen-bond donors (Lipinski definition) is 1. The van der Waals surface area contributed by atoms with Gasteiger partial charge in [0.2, 0.25) is 5.95 Å². The number of benzene rings is 1. The van der Waals surface area contributed by atoms with E-state index >= 15 is 0 Å². The van der Waals surface area contributed by atoms with Crippen LogP contribution in [0.1, 0.15) is 38.7 Å². The summed E-state index contributed by atoms with van der Waals surface area (Å²) in [6.07, 6.45) is 4.09. The normalized spacial score (nSPS) is 21.7. The van der Waals surface area contributed by atoms with E-state index in [0.29, 0.717) is 12.5 Å². The average Bonchev–Trinajstić information content (AvgIpc) is 2.63. The molecule has 0 radical (unpaired) electrons. The lowest BCUT2D eigenvalue weighted by molar-refractivity contribution is -0.0835. The highest BCUT2D eigenvalue weighted by Crippen LogP contribution is 2.43. The van der Waals surface area contributed by atoms with Crippen LogP contribution in [0.25, 0.3) is 0 Å². The Balaban J connectivity index is 1.75. The lowest BCUT2D eigenvalue weighted by atomic mass is 9.67. The zero-order chi connectivity index (χ0) is 19.5. The Bertz CT molecular complexity index is 766. The summed E-state index contributed by atoms with van der Waals surface area (Å²) in [5, 5.41) is 3.28. The summed E-state index contributed by atoms with van der Waals surface area (Å²) in [5.74, 6) is 0.324. The van der Waals surface area contributed by atoms with E-state index in [1.54, 1.807) is 19.0 Å². The fourth-order valence-corrected chi connectivity index (χ4v) is 4.04. The van der Waals surface area contributed by atoms with Crippen LogP contribution in [-0.4, -0.2) is 42.8 Å². The smallest absolute Gasteiger partial charge is 0.224 e. The van der Waals surface area contributed by atoms with Gasteiger partial charge >= 0.3 is 0 Å². The highest BCUT2D eigenvalue weighted by molar-refractivity contribution is 5.42. The summed E-state index contributed by atoms with van der Waals surface area (Å²) in [5.41, 5.74) is 1.23. The molecule has 0 saturated carbocycles. The first-order chi connectivity index (χ1) is 12.8. The van der Waals surface area contributed by atoms with Crippen molar-refractivity contribution in [2.75, 3.05) is 37.5 Å². The highest BCUT2D eigenvalue weighted by Gasteiger charge is 2.41. The van der Waals surface area contributed by atoms with Gasteiger partial charge < -0.3 is 15.0 Å². The van der Waals surface area contributed by atoms with Crippen molar-refractivity contribution in [3.8, 4) is 0 Å². The predicted octanol–water partition coefficient (Wildman–Crippen LogP) is 4.01. The quantitative estimate of drug-likeness (QED) is 0.830. The first-order valence-corrected chi connectivity index (χ1v) is 9.45. The maximum atomic E-state index is 13.8. The van der Waals surface area contributed by atoms with Gasteiger partial charge in [-0.15, -0.1) is 0 Å². The van der Waals surface area contributed by atoms with Gasteiger partial charge in [0.05, 0.1) is 11.8 Å². The molecule has 1 atom stereocenters. The minimum atomic E-state index is -0.419. The number of nitrogens with zero attached hydrogens (tertiary/aromatic N) is 3. The maximum absolute atomic E-state index is 13.8. The van der Waals surface area contributed by atoms with Crippen molar-refractivity contribution in [1.29, 1.82) is 0 Å². The minimum Gasteiger partial charge on any atom is -0.376 e. The molecule has 1 aromatic carbocycles. The van der Waals surface area contributed by atoms with Crippen molar-refractivity contribution in [2.45, 2.75) is 44.1 Å². The third-order valence-electron chi connectivity index (χ3n) is 5.26. The number of nitrogens with one attached hydrogen (secondary N) is 1. The van der Waals surface area contributed by atoms with Crippen LogP contribution in [0.4, 0.5) is 16.2 Å². The molecular weight excluding hydrogens is 343 g/mol. The van der Waals surface area contributed by atoms with Gasteiger partial charge in [0.1, 0.15) is 0 Å². The van der Waals surface area contributed by atoms with Crippen LogP contribution in [0, 0.1) is 5.82 Å². The van der Waals surface area contributed by atoms with Gasteiger partial charge in [-0.1, -0.05) is 30.3 Å². The Kier molecular flexibility index (Phi) is 5.65. The second-order valence-electron chi connectivity index (χ2n) is 8.12. The molecule has 1 saturated heterocycles. The average molecular weight is 372 g/mol. The molecule has 27 heavy (non-hydrogen) atoms. The van der Waals surface area contributed by atoms with E-state index in [4.69, 9.17) is 4.74 Å². The molecule has 0 bridgehead atoms. The molecular formula is C21H29FN4O. The molecule has 1 N–H and O–H groups in total. The Morgan fingerprint density at radius 3 is 2.63 bits per heavy atom. The summed E-state index contributed by atoms with van der Waals surface area (Å²) in [6.45, 7) is 5.77. The van der Waals surface area contributed by atoms with Gasteiger partial charge in [-0.3, -0.25) is 0 Å². The Labute approximate surface area is 161 Å². The predicted molar refractivity (Wildman–Crippen MR) is 107 cm³/mol. The Hall–Kier alpha value is -2.21. The summed E-state index contributed by atoms with van der Waals surface area (Å²) in [7, 11) is 3.54. The highest BCUT2D eigenvalue weighted by atomic mass is 19.1. The lowest BCUT2D eigenvalue weighted by Gasteiger charge is -2.45. The summed E-state index contributed by atoms with van der Waals surface area (Å²) in [6, 6.07) is 10.7. The first kappa shape index (κ1) is 19.5. The zero-order valence-corrected chi connectivity index (χ0v) is 16.6. The van der Waals surface area contributed by atoms with Crippen LogP contribution < -0.4 is 10.2 Å². The Morgan fingerprint density at radius 1 is 1.22 bits per heavy atom. The number of hydrogen-bond acceptors (Lipinski definition) is 5. The summed E-state index contributed by atoms with van der Waals surface area (Å²) >= 11 is 0. The fraction of sp³-hybridized carbons (Fsp3) is 0.524. The summed E-state index contributed by atoms with van der Waals surface area (Å²) < 4.78 is 19.8. The van der Waals surface area contributed by atoms with Crippen molar-refractivity contribution < 1.29 is 9.13 Å². The molecule has 0 amide bonds. The molecule has 2 aromatic rings. The number of aromatic nitrogens is 2. The molecule has 2 heterocycles. The van der Waals surface area contributed by atoms with Gasteiger partial charge in [-0.05, 0) is 38.7 Å². The van der Waals surface area contributed by atoms with E-state index in [-0.39, 0.29) is 16.8 Å². The van der Waals surface area contributed by atoms with Gasteiger partial charge in [0, 0.05) is 32.7 Å². The standard InChI is InChI=1S/C21H29FN4O/c1-20(2)15-21(11-13-27-20,16-8-6-5-7-9-16)10-12-23-19-24-14-17(22)18(25-19)26(3)4/h5-9,14H,10-13,15H2,1-4H3,(H,23,24,25). The molecule has 1 aliphatic heterocycles. The molecule has 1 aromatic heterocycles. The fourth-order valence-electron chi connectivity index (χ4n) is 4.04. The SMILES string of the molecule is CN(C)c1nc(NCCC2(c3ccccc3)CCOC(C)(C)C2)ncc1F. The molecule has 1 fully saturated rings. The van der Waals surface area contributed by atoms with Crippen molar-refractivity contribution in [2.24, 2.45) is 0 Å². The molecule has 146 valence electrons. The van der Waals surface area contributed by atoms with Crippen molar-refractivity contribution in [3.63, 3.8) is 0 Å². The van der Waals surface area contributed by atoms with E-state index in [1.807, 2.05) is 0 Å². The second-order valence-corrected chi connectivity index (χ2v) is 8.12. The molecule has 1 unspecified atom stereocenters. The lowest BCUT2D eigenvalue weighted by Crippen LogP contribution is -2.45. The van der Waals surface area contributed by atoms with Gasteiger partial charge in [0.25, 0.3) is 0 Å². The second kappa shape index (κ2) is 7.80. The molecule has 5 nitrogen and oxygen atoms in total. The molecule has 0 aliphatic carbocycles. The largest absolute Gasteiger partial charge is 0.376 e. The molecule has 3 rings (SSSR count). The van der Waals surface area contributed by atoms with Gasteiger partial charge in [0.15, 0.2) is 11.6 Å². The number of rotatable bonds is 6. The van der Waals surface area contributed by atoms with E-state index in [9.17, 15) is 4.39 Å².